The van der Waals surface area contributed by atoms with E-state index in [0.717, 1.165) is 17.5 Å². The van der Waals surface area contributed by atoms with Crippen molar-refractivity contribution < 1.29 is 9.59 Å². The summed E-state index contributed by atoms with van der Waals surface area (Å²) in [7, 11) is 0. The van der Waals surface area contributed by atoms with E-state index in [2.05, 4.69) is 54.4 Å². The van der Waals surface area contributed by atoms with Crippen molar-refractivity contribution in [2.24, 2.45) is 0 Å². The zero-order valence-electron chi connectivity index (χ0n) is 15.6. The van der Waals surface area contributed by atoms with Crippen LogP contribution < -0.4 is 5.32 Å². The van der Waals surface area contributed by atoms with Gasteiger partial charge in [-0.2, -0.15) is 12.6 Å². The highest BCUT2D eigenvalue weighted by molar-refractivity contribution is 7.81. The SMILES string of the molecule is O=C(N[C@@H]1CC=Cc2ccccc21)[C@H]1C[C@H](c2ccccc2)CN1C(=O)CS. The molecule has 0 bridgehead atoms. The van der Waals surface area contributed by atoms with Crippen molar-refractivity contribution in [1.29, 1.82) is 0 Å². The van der Waals surface area contributed by atoms with Crippen LogP contribution in [-0.4, -0.2) is 35.1 Å². The first-order chi connectivity index (χ1) is 13.7. The third-order valence-corrected chi connectivity index (χ3v) is 5.96. The number of fused-ring (bicyclic) bond motifs is 1. The Labute approximate surface area is 171 Å². The van der Waals surface area contributed by atoms with Crippen molar-refractivity contribution in [1.82, 2.24) is 10.2 Å². The molecule has 1 fully saturated rings. The Morgan fingerprint density at radius 3 is 2.61 bits per heavy atom. The number of hydrogen-bond acceptors (Lipinski definition) is 3. The normalized spacial score (nSPS) is 23.3. The Morgan fingerprint density at radius 2 is 1.82 bits per heavy atom. The maximum absolute atomic E-state index is 13.2. The van der Waals surface area contributed by atoms with E-state index in [4.69, 9.17) is 0 Å². The molecular weight excluding hydrogens is 368 g/mol. The number of thiol groups is 1. The summed E-state index contributed by atoms with van der Waals surface area (Å²) in [6, 6.07) is 17.7. The summed E-state index contributed by atoms with van der Waals surface area (Å²) in [5.74, 6) is 0.106. The lowest BCUT2D eigenvalue weighted by atomic mass is 9.92. The molecule has 0 radical (unpaired) electrons. The van der Waals surface area contributed by atoms with Crippen LogP contribution in [0.25, 0.3) is 6.08 Å². The molecule has 4 nitrogen and oxygen atoms in total. The molecule has 2 aliphatic rings. The minimum atomic E-state index is -0.456. The van der Waals surface area contributed by atoms with Crippen molar-refractivity contribution in [3.63, 3.8) is 0 Å². The molecule has 0 unspecified atom stereocenters. The molecule has 0 saturated carbocycles. The molecule has 28 heavy (non-hydrogen) atoms. The highest BCUT2D eigenvalue weighted by Crippen LogP contribution is 2.33. The van der Waals surface area contributed by atoms with Gasteiger partial charge in [-0.15, -0.1) is 0 Å². The van der Waals surface area contributed by atoms with Crippen LogP contribution in [0.3, 0.4) is 0 Å². The number of rotatable bonds is 4. The van der Waals surface area contributed by atoms with Gasteiger partial charge in [0.2, 0.25) is 11.8 Å². The van der Waals surface area contributed by atoms with Crippen LogP contribution in [0.5, 0.6) is 0 Å². The van der Waals surface area contributed by atoms with E-state index in [0.29, 0.717) is 13.0 Å². The fourth-order valence-corrected chi connectivity index (χ4v) is 4.44. The van der Waals surface area contributed by atoms with E-state index in [1.165, 1.54) is 5.56 Å². The van der Waals surface area contributed by atoms with Crippen molar-refractivity contribution in [2.75, 3.05) is 12.3 Å². The van der Waals surface area contributed by atoms with Crippen molar-refractivity contribution in [3.05, 3.63) is 77.4 Å². The van der Waals surface area contributed by atoms with Gasteiger partial charge in [-0.3, -0.25) is 9.59 Å². The lowest BCUT2D eigenvalue weighted by Gasteiger charge is -2.28. The number of carbonyl (C=O) groups is 2. The van der Waals surface area contributed by atoms with Gasteiger partial charge >= 0.3 is 0 Å². The van der Waals surface area contributed by atoms with Crippen LogP contribution in [0, 0.1) is 0 Å². The molecule has 2 aromatic carbocycles. The van der Waals surface area contributed by atoms with Crippen molar-refractivity contribution in [3.8, 4) is 0 Å². The van der Waals surface area contributed by atoms with E-state index in [1.54, 1.807) is 4.90 Å². The summed E-state index contributed by atoms with van der Waals surface area (Å²) in [5, 5.41) is 3.19. The number of nitrogens with zero attached hydrogens (tertiary/aromatic N) is 1. The average Bonchev–Trinajstić information content (AvgIpc) is 3.20. The van der Waals surface area contributed by atoms with E-state index in [9.17, 15) is 9.59 Å². The Bertz CT molecular complexity index is 896. The number of amides is 2. The monoisotopic (exact) mass is 392 g/mol. The van der Waals surface area contributed by atoms with Gasteiger partial charge in [-0.1, -0.05) is 66.7 Å². The molecule has 2 amide bonds. The summed E-state index contributed by atoms with van der Waals surface area (Å²) in [6.45, 7) is 0.558. The maximum atomic E-state index is 13.2. The largest absolute Gasteiger partial charge is 0.347 e. The molecule has 1 aliphatic heterocycles. The van der Waals surface area contributed by atoms with Crippen LogP contribution >= 0.6 is 12.6 Å². The molecule has 0 aromatic heterocycles. The molecule has 1 heterocycles. The molecular formula is C23H24N2O2S. The molecule has 2 aromatic rings. The number of nitrogens with one attached hydrogen (secondary N) is 1. The zero-order valence-corrected chi connectivity index (χ0v) is 16.5. The predicted molar refractivity (Wildman–Crippen MR) is 114 cm³/mol. The van der Waals surface area contributed by atoms with Gasteiger partial charge in [0.1, 0.15) is 6.04 Å². The molecule has 1 saturated heterocycles. The Morgan fingerprint density at radius 1 is 1.07 bits per heavy atom. The van der Waals surface area contributed by atoms with Gasteiger partial charge in [0, 0.05) is 12.5 Å². The summed E-state index contributed by atoms with van der Waals surface area (Å²) in [4.78, 5) is 27.3. The number of carbonyl (C=O) groups excluding carboxylic acids is 2. The Balaban J connectivity index is 1.53. The molecule has 144 valence electrons. The molecule has 3 atom stereocenters. The molecule has 4 rings (SSSR count). The molecule has 1 N–H and O–H groups in total. The first-order valence-electron chi connectivity index (χ1n) is 9.68. The summed E-state index contributed by atoms with van der Waals surface area (Å²) in [5.41, 5.74) is 3.43. The maximum Gasteiger partial charge on any atom is 0.243 e. The first kappa shape index (κ1) is 18.8. The van der Waals surface area contributed by atoms with Crippen LogP contribution in [0.1, 0.15) is 41.5 Å². The van der Waals surface area contributed by atoms with E-state index in [-0.39, 0.29) is 29.5 Å². The quantitative estimate of drug-likeness (QED) is 0.782. The second-order valence-corrected chi connectivity index (χ2v) is 7.71. The van der Waals surface area contributed by atoms with Crippen molar-refractivity contribution >= 4 is 30.5 Å². The number of likely N-dealkylation sites (tertiary alicyclic amines) is 1. The smallest absolute Gasteiger partial charge is 0.243 e. The predicted octanol–water partition coefficient (Wildman–Crippen LogP) is 3.58. The van der Waals surface area contributed by atoms with Gasteiger partial charge in [0.05, 0.1) is 11.8 Å². The van der Waals surface area contributed by atoms with Crippen molar-refractivity contribution in [2.45, 2.75) is 30.8 Å². The van der Waals surface area contributed by atoms with E-state index >= 15 is 0 Å². The standard InChI is InChI=1S/C23H24N2O2S/c26-22(15-28)25-14-18(16-7-2-1-3-8-16)13-21(25)23(27)24-20-12-6-10-17-9-4-5-11-19(17)20/h1-11,18,20-21,28H,12-15H2,(H,24,27)/t18-,20+,21+/m0/s1. The Hall–Kier alpha value is -2.53. The number of hydrogen-bond donors (Lipinski definition) is 2. The van der Waals surface area contributed by atoms with Crippen LogP contribution in [-0.2, 0) is 9.59 Å². The fraction of sp³-hybridized carbons (Fsp3) is 0.304. The second-order valence-electron chi connectivity index (χ2n) is 7.39. The minimum Gasteiger partial charge on any atom is -0.347 e. The highest BCUT2D eigenvalue weighted by atomic mass is 32.1. The average molecular weight is 393 g/mol. The fourth-order valence-electron chi connectivity index (χ4n) is 4.26. The van der Waals surface area contributed by atoms with Gasteiger partial charge < -0.3 is 10.2 Å². The molecule has 1 aliphatic carbocycles. The number of benzene rings is 2. The summed E-state index contributed by atoms with van der Waals surface area (Å²) in [6.07, 6.45) is 5.58. The molecule has 5 heteroatoms. The lowest BCUT2D eigenvalue weighted by molar-refractivity contribution is -0.136. The summed E-state index contributed by atoms with van der Waals surface area (Å²) < 4.78 is 0. The molecule has 0 spiro atoms. The third kappa shape index (κ3) is 3.72. The summed E-state index contributed by atoms with van der Waals surface area (Å²) >= 11 is 4.15. The topological polar surface area (TPSA) is 49.4 Å². The van der Waals surface area contributed by atoms with Crippen LogP contribution in [0.4, 0.5) is 0 Å². The van der Waals surface area contributed by atoms with E-state index < -0.39 is 6.04 Å². The zero-order chi connectivity index (χ0) is 19.5. The first-order valence-corrected chi connectivity index (χ1v) is 10.3. The van der Waals surface area contributed by atoms with Gasteiger partial charge in [0.15, 0.2) is 0 Å². The van der Waals surface area contributed by atoms with Crippen LogP contribution in [0.15, 0.2) is 60.7 Å². The van der Waals surface area contributed by atoms with Gasteiger partial charge in [-0.25, -0.2) is 0 Å². The van der Waals surface area contributed by atoms with Gasteiger partial charge in [-0.05, 0) is 29.5 Å². The minimum absolute atomic E-state index is 0.0579. The second kappa shape index (κ2) is 8.23. The Kier molecular flexibility index (Phi) is 5.53. The third-order valence-electron chi connectivity index (χ3n) is 5.69. The van der Waals surface area contributed by atoms with Crippen LogP contribution in [0.2, 0.25) is 0 Å². The highest BCUT2D eigenvalue weighted by Gasteiger charge is 2.40. The van der Waals surface area contributed by atoms with E-state index in [1.807, 2.05) is 30.3 Å². The van der Waals surface area contributed by atoms with Gasteiger partial charge in [0.25, 0.3) is 0 Å². The lowest BCUT2D eigenvalue weighted by Crippen LogP contribution is -2.47.